The minimum absolute atomic E-state index is 0.00132. The second-order valence-corrected chi connectivity index (χ2v) is 5.46. The maximum absolute atomic E-state index is 10.8. The van der Waals surface area contributed by atoms with Gasteiger partial charge in [0.1, 0.15) is 5.82 Å². The highest BCUT2D eigenvalue weighted by molar-refractivity contribution is 5.58. The molecule has 0 spiro atoms. The number of piperidine rings is 1. The molecule has 3 heterocycles. The van der Waals surface area contributed by atoms with E-state index in [1.54, 1.807) is 6.07 Å². The predicted octanol–water partition coefficient (Wildman–Crippen LogP) is 1.25. The molecule has 2 aliphatic heterocycles. The van der Waals surface area contributed by atoms with Crippen LogP contribution in [0.3, 0.4) is 0 Å². The molecule has 0 aromatic carbocycles. The highest BCUT2D eigenvalue weighted by Crippen LogP contribution is 2.27. The minimum atomic E-state index is -0.495. The van der Waals surface area contributed by atoms with Gasteiger partial charge in [0.05, 0.1) is 4.92 Å². The van der Waals surface area contributed by atoms with Gasteiger partial charge in [-0.3, -0.25) is 15.0 Å². The summed E-state index contributed by atoms with van der Waals surface area (Å²) in [7, 11) is 0. The summed E-state index contributed by atoms with van der Waals surface area (Å²) in [6, 6.07) is 3.73. The Morgan fingerprint density at radius 3 is 2.90 bits per heavy atom. The summed E-state index contributed by atoms with van der Waals surface area (Å²) in [5, 5.41) is 10.8. The third kappa shape index (κ3) is 2.40. The maximum Gasteiger partial charge on any atom is 0.311 e. The quantitative estimate of drug-likeness (QED) is 0.646. The lowest BCUT2D eigenvalue weighted by Crippen LogP contribution is -2.55. The molecule has 0 bridgehead atoms. The Labute approximate surface area is 117 Å². The van der Waals surface area contributed by atoms with E-state index in [9.17, 15) is 10.1 Å². The summed E-state index contributed by atoms with van der Waals surface area (Å²) >= 11 is 0. The number of nitrogens with two attached hydrogens (primary N) is 1. The molecule has 0 amide bonds. The molecule has 2 aliphatic rings. The second-order valence-electron chi connectivity index (χ2n) is 5.46. The van der Waals surface area contributed by atoms with Crippen LogP contribution in [-0.2, 0) is 0 Å². The van der Waals surface area contributed by atoms with Crippen molar-refractivity contribution in [3.05, 3.63) is 22.2 Å². The number of anilines is 2. The van der Waals surface area contributed by atoms with Crippen molar-refractivity contribution < 1.29 is 4.92 Å². The van der Waals surface area contributed by atoms with Crippen molar-refractivity contribution in [3.8, 4) is 0 Å². The molecular weight excluding hydrogens is 258 g/mol. The van der Waals surface area contributed by atoms with Crippen molar-refractivity contribution in [2.75, 3.05) is 36.8 Å². The largest absolute Gasteiger partial charge is 0.378 e. The number of nitrogens with zero attached hydrogens (tertiary/aromatic N) is 4. The van der Waals surface area contributed by atoms with Gasteiger partial charge >= 0.3 is 5.69 Å². The van der Waals surface area contributed by atoms with E-state index in [0.717, 1.165) is 25.5 Å². The standard InChI is InChI=1S/C13H19N5O2/c14-13-11(18(19)20)4-5-12(15-13)17-8-7-16-6-2-1-3-10(16)9-17/h4-5,10H,1-3,6-9H2,(H2,14,15). The fourth-order valence-electron chi connectivity index (χ4n) is 3.15. The van der Waals surface area contributed by atoms with Crippen LogP contribution in [0.1, 0.15) is 19.3 Å². The van der Waals surface area contributed by atoms with Gasteiger partial charge in [-0.1, -0.05) is 6.42 Å². The van der Waals surface area contributed by atoms with E-state index in [0.29, 0.717) is 6.04 Å². The second kappa shape index (κ2) is 5.24. The number of nitrogen functional groups attached to an aromatic ring is 1. The fraction of sp³-hybridized carbons (Fsp3) is 0.615. The molecule has 0 aliphatic carbocycles. The van der Waals surface area contributed by atoms with E-state index in [1.807, 2.05) is 0 Å². The molecule has 0 radical (unpaired) electrons. The van der Waals surface area contributed by atoms with Gasteiger partial charge in [0.15, 0.2) is 0 Å². The Kier molecular flexibility index (Phi) is 3.43. The minimum Gasteiger partial charge on any atom is -0.378 e. The van der Waals surface area contributed by atoms with E-state index in [2.05, 4.69) is 14.8 Å². The molecule has 108 valence electrons. The van der Waals surface area contributed by atoms with Crippen LogP contribution in [0.2, 0.25) is 0 Å². The van der Waals surface area contributed by atoms with E-state index < -0.39 is 4.92 Å². The summed E-state index contributed by atoms with van der Waals surface area (Å²) in [5.41, 5.74) is 5.55. The van der Waals surface area contributed by atoms with Gasteiger partial charge in [-0.25, -0.2) is 4.98 Å². The van der Waals surface area contributed by atoms with E-state index in [4.69, 9.17) is 5.73 Å². The first-order valence-electron chi connectivity index (χ1n) is 7.05. The number of rotatable bonds is 2. The van der Waals surface area contributed by atoms with Gasteiger partial charge in [0.25, 0.3) is 0 Å². The Bertz CT molecular complexity index is 521. The third-order valence-electron chi connectivity index (χ3n) is 4.25. The topological polar surface area (TPSA) is 88.5 Å². The first-order chi connectivity index (χ1) is 9.65. The van der Waals surface area contributed by atoms with Crippen LogP contribution < -0.4 is 10.6 Å². The molecule has 2 fully saturated rings. The molecule has 7 heteroatoms. The number of fused-ring (bicyclic) bond motifs is 1. The zero-order valence-electron chi connectivity index (χ0n) is 11.4. The van der Waals surface area contributed by atoms with Crippen molar-refractivity contribution in [1.29, 1.82) is 0 Å². The van der Waals surface area contributed by atoms with Gasteiger partial charge < -0.3 is 10.6 Å². The smallest absolute Gasteiger partial charge is 0.311 e. The van der Waals surface area contributed by atoms with Crippen LogP contribution in [-0.4, -0.2) is 47.0 Å². The maximum atomic E-state index is 10.8. The lowest BCUT2D eigenvalue weighted by atomic mass is 9.99. The number of piperazine rings is 1. The summed E-state index contributed by atoms with van der Waals surface area (Å²) in [6.07, 6.45) is 3.79. The highest BCUT2D eigenvalue weighted by Gasteiger charge is 2.29. The molecule has 1 aromatic rings. The number of aromatic nitrogens is 1. The van der Waals surface area contributed by atoms with Gasteiger partial charge in [-0.2, -0.15) is 0 Å². The van der Waals surface area contributed by atoms with E-state index >= 15 is 0 Å². The number of nitro groups is 1. The van der Waals surface area contributed by atoms with Crippen LogP contribution in [0.25, 0.3) is 0 Å². The zero-order chi connectivity index (χ0) is 14.1. The summed E-state index contributed by atoms with van der Waals surface area (Å²) in [5.74, 6) is 0.747. The van der Waals surface area contributed by atoms with Crippen LogP contribution >= 0.6 is 0 Å². The number of pyridine rings is 1. The monoisotopic (exact) mass is 277 g/mol. The average Bonchev–Trinajstić information content (AvgIpc) is 2.46. The summed E-state index contributed by atoms with van der Waals surface area (Å²) in [4.78, 5) is 19.2. The van der Waals surface area contributed by atoms with Crippen molar-refractivity contribution in [3.63, 3.8) is 0 Å². The molecule has 1 unspecified atom stereocenters. The van der Waals surface area contributed by atoms with E-state index in [-0.39, 0.29) is 11.5 Å². The molecule has 2 saturated heterocycles. The molecule has 20 heavy (non-hydrogen) atoms. The van der Waals surface area contributed by atoms with Crippen molar-refractivity contribution >= 4 is 17.3 Å². The molecule has 7 nitrogen and oxygen atoms in total. The molecule has 1 aromatic heterocycles. The lowest BCUT2D eigenvalue weighted by molar-refractivity contribution is -0.384. The highest BCUT2D eigenvalue weighted by atomic mass is 16.6. The Morgan fingerprint density at radius 1 is 1.30 bits per heavy atom. The molecule has 0 saturated carbocycles. The Balaban J connectivity index is 1.76. The van der Waals surface area contributed by atoms with Crippen molar-refractivity contribution in [1.82, 2.24) is 9.88 Å². The Morgan fingerprint density at radius 2 is 2.15 bits per heavy atom. The van der Waals surface area contributed by atoms with Gasteiger partial charge in [-0.05, 0) is 25.5 Å². The molecule has 3 rings (SSSR count). The predicted molar refractivity (Wildman–Crippen MR) is 76.7 cm³/mol. The first kappa shape index (κ1) is 13.1. The zero-order valence-corrected chi connectivity index (χ0v) is 11.4. The van der Waals surface area contributed by atoms with Crippen LogP contribution in [0.5, 0.6) is 0 Å². The number of hydrogen-bond donors (Lipinski definition) is 1. The summed E-state index contributed by atoms with van der Waals surface area (Å²) in [6.45, 7) is 4.06. The first-order valence-corrected chi connectivity index (χ1v) is 7.05. The molecule has 2 N–H and O–H groups in total. The molecular formula is C13H19N5O2. The summed E-state index contributed by atoms with van der Waals surface area (Å²) < 4.78 is 0. The SMILES string of the molecule is Nc1nc(N2CCN3CCCCC3C2)ccc1[N+](=O)[O-]. The van der Waals surface area contributed by atoms with Crippen molar-refractivity contribution in [2.24, 2.45) is 0 Å². The fourth-order valence-corrected chi connectivity index (χ4v) is 3.15. The molecule has 1 atom stereocenters. The van der Waals surface area contributed by atoms with Crippen LogP contribution in [0, 0.1) is 10.1 Å². The number of hydrogen-bond acceptors (Lipinski definition) is 6. The van der Waals surface area contributed by atoms with Gasteiger partial charge in [0.2, 0.25) is 5.82 Å². The van der Waals surface area contributed by atoms with Gasteiger partial charge in [-0.15, -0.1) is 0 Å². The van der Waals surface area contributed by atoms with Crippen molar-refractivity contribution in [2.45, 2.75) is 25.3 Å². The van der Waals surface area contributed by atoms with Gasteiger partial charge in [0, 0.05) is 31.7 Å². The lowest BCUT2D eigenvalue weighted by Gasteiger charge is -2.44. The van der Waals surface area contributed by atoms with Crippen LogP contribution in [0.15, 0.2) is 12.1 Å². The Hall–Kier alpha value is -1.89. The average molecular weight is 277 g/mol. The third-order valence-corrected chi connectivity index (χ3v) is 4.25. The normalized spacial score (nSPS) is 23.4. The van der Waals surface area contributed by atoms with Crippen LogP contribution in [0.4, 0.5) is 17.3 Å². The van der Waals surface area contributed by atoms with E-state index in [1.165, 1.54) is 31.9 Å².